The van der Waals surface area contributed by atoms with Crippen molar-refractivity contribution >= 4 is 23.2 Å². The number of thiophene rings is 1. The van der Waals surface area contributed by atoms with Gasteiger partial charge in [0.25, 0.3) is 5.91 Å². The van der Waals surface area contributed by atoms with Crippen molar-refractivity contribution in [1.29, 1.82) is 0 Å². The molecular formula is C12H17NO3S. The van der Waals surface area contributed by atoms with Gasteiger partial charge in [0, 0.05) is 5.38 Å². The molecule has 1 aromatic rings. The van der Waals surface area contributed by atoms with Gasteiger partial charge >= 0.3 is 5.97 Å². The van der Waals surface area contributed by atoms with Crippen molar-refractivity contribution in [1.82, 2.24) is 5.32 Å². The minimum Gasteiger partial charge on any atom is -0.480 e. The summed E-state index contributed by atoms with van der Waals surface area (Å²) in [4.78, 5) is 22.9. The van der Waals surface area contributed by atoms with Crippen LogP contribution in [-0.4, -0.2) is 23.0 Å². The molecule has 0 aliphatic rings. The van der Waals surface area contributed by atoms with Crippen LogP contribution in [0, 0.1) is 12.8 Å². The van der Waals surface area contributed by atoms with Gasteiger partial charge in [0.1, 0.15) is 6.04 Å². The van der Waals surface area contributed by atoms with Crippen molar-refractivity contribution in [3.8, 4) is 0 Å². The Morgan fingerprint density at radius 2 is 2.06 bits per heavy atom. The number of hydrogen-bond donors (Lipinski definition) is 2. The number of nitrogens with one attached hydrogen (secondary N) is 1. The summed E-state index contributed by atoms with van der Waals surface area (Å²) in [5.41, 5.74) is 1.44. The zero-order valence-electron chi connectivity index (χ0n) is 10.2. The first-order valence-electron chi connectivity index (χ1n) is 5.48. The molecule has 1 heterocycles. The number of amides is 1. The molecule has 1 atom stereocenters. The second-order valence-electron chi connectivity index (χ2n) is 4.46. The Hall–Kier alpha value is -1.36. The van der Waals surface area contributed by atoms with Gasteiger partial charge in [0.15, 0.2) is 0 Å². The Kier molecular flexibility index (Phi) is 4.69. The minimum atomic E-state index is -0.986. The molecule has 0 saturated carbocycles. The SMILES string of the molecule is Cc1cscc1C(=O)NC(CC(C)C)C(=O)O. The predicted molar refractivity (Wildman–Crippen MR) is 67.4 cm³/mol. The summed E-state index contributed by atoms with van der Waals surface area (Å²) in [7, 11) is 0. The number of carbonyl (C=O) groups excluding carboxylic acids is 1. The van der Waals surface area contributed by atoms with E-state index in [4.69, 9.17) is 5.11 Å². The normalized spacial score (nSPS) is 12.5. The van der Waals surface area contributed by atoms with Gasteiger partial charge in [-0.15, -0.1) is 0 Å². The molecule has 1 rings (SSSR count). The van der Waals surface area contributed by atoms with Crippen LogP contribution in [0.25, 0.3) is 0 Å². The van der Waals surface area contributed by atoms with Crippen molar-refractivity contribution < 1.29 is 14.7 Å². The van der Waals surface area contributed by atoms with E-state index in [0.29, 0.717) is 12.0 Å². The first-order chi connectivity index (χ1) is 7.91. The van der Waals surface area contributed by atoms with Crippen LogP contribution in [0.1, 0.15) is 36.2 Å². The Balaban J connectivity index is 2.71. The summed E-state index contributed by atoms with van der Waals surface area (Å²) in [6.45, 7) is 5.69. The van der Waals surface area contributed by atoms with Crippen molar-refractivity contribution in [2.24, 2.45) is 5.92 Å². The van der Waals surface area contributed by atoms with Crippen LogP contribution in [0.4, 0.5) is 0 Å². The van der Waals surface area contributed by atoms with Crippen molar-refractivity contribution in [2.45, 2.75) is 33.2 Å². The largest absolute Gasteiger partial charge is 0.480 e. The molecule has 4 nitrogen and oxygen atoms in total. The summed E-state index contributed by atoms with van der Waals surface area (Å²) in [6, 6.07) is -0.818. The number of rotatable bonds is 5. The van der Waals surface area contributed by atoms with E-state index < -0.39 is 12.0 Å². The molecule has 17 heavy (non-hydrogen) atoms. The van der Waals surface area contributed by atoms with Gasteiger partial charge in [-0.1, -0.05) is 13.8 Å². The number of carboxylic acid groups (broad SMARTS) is 1. The molecule has 0 spiro atoms. The quantitative estimate of drug-likeness (QED) is 0.848. The van der Waals surface area contributed by atoms with E-state index in [0.717, 1.165) is 5.56 Å². The fraction of sp³-hybridized carbons (Fsp3) is 0.500. The Morgan fingerprint density at radius 3 is 2.47 bits per heavy atom. The summed E-state index contributed by atoms with van der Waals surface area (Å²) in [5, 5.41) is 15.2. The average molecular weight is 255 g/mol. The van der Waals surface area contributed by atoms with Crippen molar-refractivity contribution in [2.75, 3.05) is 0 Å². The molecule has 0 fully saturated rings. The molecular weight excluding hydrogens is 238 g/mol. The lowest BCUT2D eigenvalue weighted by Crippen LogP contribution is -2.41. The maximum Gasteiger partial charge on any atom is 0.326 e. The lowest BCUT2D eigenvalue weighted by molar-refractivity contribution is -0.139. The van der Waals surface area contributed by atoms with Gasteiger partial charge in [-0.05, 0) is 30.2 Å². The van der Waals surface area contributed by atoms with Gasteiger partial charge in [0.2, 0.25) is 0 Å². The molecule has 0 radical (unpaired) electrons. The highest BCUT2D eigenvalue weighted by Gasteiger charge is 2.22. The number of carboxylic acids is 1. The third kappa shape index (κ3) is 3.85. The standard InChI is InChI=1S/C12H17NO3S/c1-7(2)4-10(12(15)16)13-11(14)9-6-17-5-8(9)3/h5-7,10H,4H2,1-3H3,(H,13,14)(H,15,16). The van der Waals surface area contributed by atoms with E-state index in [1.165, 1.54) is 11.3 Å². The molecule has 5 heteroatoms. The zero-order chi connectivity index (χ0) is 13.0. The smallest absolute Gasteiger partial charge is 0.326 e. The number of hydrogen-bond acceptors (Lipinski definition) is 3. The van der Waals surface area contributed by atoms with Crippen LogP contribution in [0.3, 0.4) is 0 Å². The van der Waals surface area contributed by atoms with E-state index in [1.807, 2.05) is 26.2 Å². The van der Waals surface area contributed by atoms with Gasteiger partial charge in [-0.25, -0.2) is 4.79 Å². The Labute approximate surface area is 105 Å². The topological polar surface area (TPSA) is 66.4 Å². The average Bonchev–Trinajstić information content (AvgIpc) is 2.62. The van der Waals surface area contributed by atoms with E-state index in [9.17, 15) is 9.59 Å². The van der Waals surface area contributed by atoms with Crippen LogP contribution < -0.4 is 5.32 Å². The van der Waals surface area contributed by atoms with Crippen LogP contribution in [0.5, 0.6) is 0 Å². The van der Waals surface area contributed by atoms with E-state index in [1.54, 1.807) is 5.38 Å². The lowest BCUT2D eigenvalue weighted by Gasteiger charge is -2.16. The highest BCUT2D eigenvalue weighted by atomic mass is 32.1. The van der Waals surface area contributed by atoms with Gasteiger partial charge in [-0.3, -0.25) is 4.79 Å². The molecule has 0 aliphatic carbocycles. The molecule has 2 N–H and O–H groups in total. The predicted octanol–water partition coefficient (Wildman–Crippen LogP) is 2.29. The Morgan fingerprint density at radius 1 is 1.41 bits per heavy atom. The monoisotopic (exact) mass is 255 g/mol. The maximum atomic E-state index is 11.9. The molecule has 0 saturated heterocycles. The van der Waals surface area contributed by atoms with E-state index >= 15 is 0 Å². The first-order valence-corrected chi connectivity index (χ1v) is 6.42. The van der Waals surface area contributed by atoms with Crippen LogP contribution in [0.15, 0.2) is 10.8 Å². The summed E-state index contributed by atoms with van der Waals surface area (Å²) < 4.78 is 0. The minimum absolute atomic E-state index is 0.222. The first kappa shape index (κ1) is 13.7. The third-order valence-corrected chi connectivity index (χ3v) is 3.27. The molecule has 0 aliphatic heterocycles. The summed E-state index contributed by atoms with van der Waals surface area (Å²) >= 11 is 1.44. The highest BCUT2D eigenvalue weighted by molar-refractivity contribution is 7.08. The second kappa shape index (κ2) is 5.82. The van der Waals surface area contributed by atoms with Crippen molar-refractivity contribution in [3.63, 3.8) is 0 Å². The summed E-state index contributed by atoms with van der Waals surface area (Å²) in [6.07, 6.45) is 0.435. The number of carbonyl (C=O) groups is 2. The van der Waals surface area contributed by atoms with E-state index in [-0.39, 0.29) is 11.8 Å². The fourth-order valence-electron chi connectivity index (χ4n) is 1.52. The Bertz CT molecular complexity index is 412. The fourth-order valence-corrected chi connectivity index (χ4v) is 2.35. The molecule has 94 valence electrons. The summed E-state index contributed by atoms with van der Waals surface area (Å²) in [5.74, 6) is -1.07. The molecule has 1 unspecified atom stereocenters. The van der Waals surface area contributed by atoms with Gasteiger partial charge < -0.3 is 10.4 Å². The maximum absolute atomic E-state index is 11.9. The van der Waals surface area contributed by atoms with Crippen LogP contribution in [-0.2, 0) is 4.79 Å². The van der Waals surface area contributed by atoms with Gasteiger partial charge in [0.05, 0.1) is 5.56 Å². The van der Waals surface area contributed by atoms with Crippen molar-refractivity contribution in [3.05, 3.63) is 21.9 Å². The lowest BCUT2D eigenvalue weighted by atomic mass is 10.0. The van der Waals surface area contributed by atoms with Crippen LogP contribution in [0.2, 0.25) is 0 Å². The highest BCUT2D eigenvalue weighted by Crippen LogP contribution is 2.14. The molecule has 1 amide bonds. The second-order valence-corrected chi connectivity index (χ2v) is 5.21. The third-order valence-electron chi connectivity index (χ3n) is 2.41. The van der Waals surface area contributed by atoms with Gasteiger partial charge in [-0.2, -0.15) is 11.3 Å². The molecule has 0 bridgehead atoms. The molecule has 1 aromatic heterocycles. The molecule has 0 aromatic carbocycles. The van der Waals surface area contributed by atoms with E-state index in [2.05, 4.69) is 5.32 Å². The van der Waals surface area contributed by atoms with Crippen LogP contribution >= 0.6 is 11.3 Å². The number of aliphatic carboxylic acids is 1. The number of aryl methyl sites for hydroxylation is 1. The zero-order valence-corrected chi connectivity index (χ0v) is 11.0.